The highest BCUT2D eigenvalue weighted by molar-refractivity contribution is 7.14. The van der Waals surface area contributed by atoms with E-state index in [4.69, 9.17) is 15.9 Å². The molecule has 11 heteroatoms. The Labute approximate surface area is 242 Å². The molecule has 2 aromatic carbocycles. The smallest absolute Gasteiger partial charge is 0.303 e. The van der Waals surface area contributed by atoms with Crippen LogP contribution < -0.4 is 16.4 Å². The molecular formula is C30H35N3O7S. The van der Waals surface area contributed by atoms with E-state index in [0.717, 1.165) is 27.1 Å². The molecule has 3 rings (SSSR count). The van der Waals surface area contributed by atoms with Crippen molar-refractivity contribution >= 4 is 35.1 Å². The average molecular weight is 582 g/mol. The van der Waals surface area contributed by atoms with Gasteiger partial charge in [-0.15, -0.1) is 11.3 Å². The summed E-state index contributed by atoms with van der Waals surface area (Å²) in [4.78, 5) is 48.5. The van der Waals surface area contributed by atoms with Gasteiger partial charge in [0.25, 0.3) is 0 Å². The number of nitrogens with one attached hydrogen (secondary N) is 2. The average Bonchev–Trinajstić information content (AvgIpc) is 3.44. The molecule has 0 bridgehead atoms. The molecule has 41 heavy (non-hydrogen) atoms. The van der Waals surface area contributed by atoms with E-state index in [1.165, 1.54) is 0 Å². The van der Waals surface area contributed by atoms with Crippen LogP contribution in [0.5, 0.6) is 0 Å². The number of carboxylic acids is 2. The lowest BCUT2D eigenvalue weighted by atomic mass is 10.0. The molecule has 0 saturated heterocycles. The number of aliphatic hydroxyl groups is 1. The van der Waals surface area contributed by atoms with Crippen LogP contribution in [0.15, 0.2) is 66.0 Å². The van der Waals surface area contributed by atoms with Crippen LogP contribution >= 0.6 is 11.3 Å². The van der Waals surface area contributed by atoms with E-state index in [-0.39, 0.29) is 38.5 Å². The number of amides is 2. The monoisotopic (exact) mass is 581 g/mol. The first kappa shape index (κ1) is 31.5. The Bertz CT molecular complexity index is 1310. The van der Waals surface area contributed by atoms with E-state index in [9.17, 15) is 24.3 Å². The molecule has 1 aromatic heterocycles. The van der Waals surface area contributed by atoms with Crippen molar-refractivity contribution < 1.29 is 34.5 Å². The minimum Gasteiger partial charge on any atom is -0.481 e. The predicted molar refractivity (Wildman–Crippen MR) is 156 cm³/mol. The SMILES string of the molecule is NC(O)[C@H](CCCC(=O)O)NC(=O)[C@H](CCC(=O)O)NC(=O)CCc1ccc(-c2cc(-c3ccccc3)cs2)cc1. The molecule has 0 aliphatic heterocycles. The minimum atomic E-state index is -1.45. The zero-order chi connectivity index (χ0) is 29.8. The fraction of sp³-hybridized carbons (Fsp3) is 0.333. The number of rotatable bonds is 16. The molecule has 0 radical (unpaired) electrons. The lowest BCUT2D eigenvalue weighted by Gasteiger charge is -2.25. The number of hydrogen-bond donors (Lipinski definition) is 6. The lowest BCUT2D eigenvalue weighted by molar-refractivity contribution is -0.138. The fourth-order valence-corrected chi connectivity index (χ4v) is 5.18. The number of carbonyl (C=O) groups excluding carboxylic acids is 2. The highest BCUT2D eigenvalue weighted by atomic mass is 32.1. The van der Waals surface area contributed by atoms with Crippen LogP contribution in [0.1, 0.15) is 44.1 Å². The molecule has 0 aliphatic carbocycles. The van der Waals surface area contributed by atoms with Crippen LogP contribution in [0.4, 0.5) is 0 Å². The molecule has 218 valence electrons. The van der Waals surface area contributed by atoms with Crippen LogP contribution in [0.3, 0.4) is 0 Å². The van der Waals surface area contributed by atoms with Gasteiger partial charge in [-0.25, -0.2) is 0 Å². The molecule has 2 amide bonds. The molecule has 0 aliphatic rings. The molecule has 3 aromatic rings. The predicted octanol–water partition coefficient (Wildman–Crippen LogP) is 3.38. The summed E-state index contributed by atoms with van der Waals surface area (Å²) in [5.41, 5.74) is 9.83. The molecule has 0 fully saturated rings. The number of aliphatic hydroxyl groups excluding tert-OH is 1. The van der Waals surface area contributed by atoms with Crippen LogP contribution in [0.25, 0.3) is 21.6 Å². The second-order valence-corrected chi connectivity index (χ2v) is 10.6. The van der Waals surface area contributed by atoms with E-state index in [1.807, 2.05) is 42.5 Å². The molecule has 1 heterocycles. The molecule has 10 nitrogen and oxygen atoms in total. The Morgan fingerprint density at radius 3 is 2.12 bits per heavy atom. The van der Waals surface area contributed by atoms with E-state index in [2.05, 4.69) is 34.2 Å². The standard InChI is InChI=1S/C30H35N3O7S/c31-29(39)23(7-4-8-27(35)36)33-30(40)24(14-16-28(37)38)32-26(34)15-11-19-9-12-21(13-10-19)25-17-22(18-41-25)20-5-2-1-3-6-20/h1-3,5-6,9-10,12-13,17-18,23-24,29,39H,4,7-8,11,14-16,31H2,(H,32,34)(H,33,40)(H,35,36)(H,37,38)/t23-,24-,29?/m0/s1. The van der Waals surface area contributed by atoms with Gasteiger partial charge in [0.05, 0.1) is 6.04 Å². The maximum absolute atomic E-state index is 12.8. The summed E-state index contributed by atoms with van der Waals surface area (Å²) < 4.78 is 0. The first-order valence-corrected chi connectivity index (χ1v) is 14.2. The zero-order valence-corrected chi connectivity index (χ0v) is 23.3. The van der Waals surface area contributed by atoms with Gasteiger partial charge in [-0.3, -0.25) is 19.2 Å². The second-order valence-electron chi connectivity index (χ2n) is 9.71. The number of nitrogens with two attached hydrogens (primary N) is 1. The lowest BCUT2D eigenvalue weighted by Crippen LogP contribution is -2.54. The Morgan fingerprint density at radius 2 is 1.49 bits per heavy atom. The summed E-state index contributed by atoms with van der Waals surface area (Å²) in [5, 5.41) is 34.9. The first-order valence-electron chi connectivity index (χ1n) is 13.3. The Morgan fingerprint density at radius 1 is 0.805 bits per heavy atom. The van der Waals surface area contributed by atoms with Gasteiger partial charge >= 0.3 is 11.9 Å². The summed E-state index contributed by atoms with van der Waals surface area (Å²) in [6.45, 7) is 0. The van der Waals surface area contributed by atoms with Gasteiger partial charge in [0.1, 0.15) is 12.3 Å². The summed E-state index contributed by atoms with van der Waals surface area (Å²) in [6.07, 6.45) is -1.37. The molecular weight excluding hydrogens is 546 g/mol. The highest BCUT2D eigenvalue weighted by Crippen LogP contribution is 2.32. The van der Waals surface area contributed by atoms with E-state index in [0.29, 0.717) is 6.42 Å². The summed E-state index contributed by atoms with van der Waals surface area (Å²) >= 11 is 1.66. The first-order chi connectivity index (χ1) is 19.6. The number of aryl methyl sites for hydroxylation is 1. The number of benzene rings is 2. The van der Waals surface area contributed by atoms with E-state index in [1.54, 1.807) is 11.3 Å². The van der Waals surface area contributed by atoms with Crippen molar-refractivity contribution in [2.24, 2.45) is 5.73 Å². The maximum atomic E-state index is 12.8. The normalized spacial score (nSPS) is 13.1. The summed E-state index contributed by atoms with van der Waals surface area (Å²) in [7, 11) is 0. The van der Waals surface area contributed by atoms with Crippen molar-refractivity contribution in [2.75, 3.05) is 0 Å². The Hall–Kier alpha value is -4.06. The van der Waals surface area contributed by atoms with Crippen molar-refractivity contribution in [2.45, 2.75) is 63.3 Å². The third kappa shape index (κ3) is 10.5. The van der Waals surface area contributed by atoms with Crippen LogP contribution in [-0.4, -0.2) is 57.4 Å². The molecule has 0 spiro atoms. The quantitative estimate of drug-likeness (QED) is 0.139. The van der Waals surface area contributed by atoms with E-state index < -0.39 is 42.1 Å². The van der Waals surface area contributed by atoms with Crippen molar-refractivity contribution in [3.05, 3.63) is 71.6 Å². The summed E-state index contributed by atoms with van der Waals surface area (Å²) in [5.74, 6) is -3.28. The van der Waals surface area contributed by atoms with Crippen LogP contribution in [0.2, 0.25) is 0 Å². The van der Waals surface area contributed by atoms with Gasteiger partial charge in [-0.05, 0) is 59.4 Å². The second kappa shape index (κ2) is 15.7. The van der Waals surface area contributed by atoms with Gasteiger partial charge in [0.15, 0.2) is 0 Å². The maximum Gasteiger partial charge on any atom is 0.303 e. The van der Waals surface area contributed by atoms with Gasteiger partial charge in [0.2, 0.25) is 11.8 Å². The highest BCUT2D eigenvalue weighted by Gasteiger charge is 2.26. The molecule has 3 atom stereocenters. The number of aliphatic carboxylic acids is 2. The Balaban J connectivity index is 1.56. The number of carbonyl (C=O) groups is 4. The van der Waals surface area contributed by atoms with Crippen molar-refractivity contribution in [1.82, 2.24) is 10.6 Å². The van der Waals surface area contributed by atoms with Crippen LogP contribution in [0, 0.1) is 0 Å². The topological polar surface area (TPSA) is 179 Å². The summed E-state index contributed by atoms with van der Waals surface area (Å²) in [6, 6.07) is 18.1. The third-order valence-electron chi connectivity index (χ3n) is 6.53. The van der Waals surface area contributed by atoms with Gasteiger partial charge in [0, 0.05) is 24.1 Å². The van der Waals surface area contributed by atoms with E-state index >= 15 is 0 Å². The number of hydrogen-bond acceptors (Lipinski definition) is 7. The number of carboxylic acid groups (broad SMARTS) is 2. The fourth-order valence-electron chi connectivity index (χ4n) is 4.25. The third-order valence-corrected chi connectivity index (χ3v) is 7.51. The van der Waals surface area contributed by atoms with Gasteiger partial charge in [-0.2, -0.15) is 0 Å². The van der Waals surface area contributed by atoms with Gasteiger partial charge in [-0.1, -0.05) is 54.6 Å². The van der Waals surface area contributed by atoms with Crippen molar-refractivity contribution in [1.29, 1.82) is 0 Å². The van der Waals surface area contributed by atoms with Gasteiger partial charge < -0.3 is 31.7 Å². The van der Waals surface area contributed by atoms with Crippen molar-refractivity contribution in [3.8, 4) is 21.6 Å². The molecule has 7 N–H and O–H groups in total. The molecule has 0 saturated carbocycles. The zero-order valence-electron chi connectivity index (χ0n) is 22.5. The number of thiophene rings is 1. The largest absolute Gasteiger partial charge is 0.481 e. The van der Waals surface area contributed by atoms with Crippen LogP contribution in [-0.2, 0) is 25.6 Å². The van der Waals surface area contributed by atoms with Crippen molar-refractivity contribution in [3.63, 3.8) is 0 Å². The Kier molecular flexibility index (Phi) is 12.0. The minimum absolute atomic E-state index is 0.0783. The molecule has 1 unspecified atom stereocenters.